The Morgan fingerprint density at radius 2 is 2.14 bits per heavy atom. The fourth-order valence-corrected chi connectivity index (χ4v) is 1.95. The van der Waals surface area contributed by atoms with E-state index in [1.165, 1.54) is 0 Å². The summed E-state index contributed by atoms with van der Waals surface area (Å²) in [4.78, 5) is 0. The molecule has 3 heteroatoms. The molecule has 78 valence electrons. The number of benzene rings is 1. The molecule has 0 saturated carbocycles. The van der Waals surface area contributed by atoms with Crippen molar-refractivity contribution in [3.05, 3.63) is 33.3 Å². The Labute approximate surface area is 98.8 Å². The van der Waals surface area contributed by atoms with Gasteiger partial charge in [0.2, 0.25) is 0 Å². The lowest BCUT2D eigenvalue weighted by molar-refractivity contribution is 0.457. The van der Waals surface area contributed by atoms with Crippen molar-refractivity contribution in [2.75, 3.05) is 0 Å². The topological polar surface area (TPSA) is 26.0 Å². The normalized spacial score (nSPS) is 15.2. The fourth-order valence-electron chi connectivity index (χ4n) is 1.33. The van der Waals surface area contributed by atoms with Crippen LogP contribution in [-0.2, 0) is 0 Å². The number of hydrogen-bond donors (Lipinski definition) is 1. The second kappa shape index (κ2) is 5.15. The fraction of sp³-hybridized carbons (Fsp3) is 0.455. The largest absolute Gasteiger partial charge is 0.324 e. The maximum Gasteiger partial charge on any atom is 0.0454 e. The second-order valence-electron chi connectivity index (χ2n) is 3.58. The van der Waals surface area contributed by atoms with Crippen LogP contribution in [0.15, 0.2) is 22.7 Å². The van der Waals surface area contributed by atoms with Crippen LogP contribution in [0.25, 0.3) is 0 Å². The molecule has 0 saturated heterocycles. The summed E-state index contributed by atoms with van der Waals surface area (Å²) in [6.45, 7) is 4.28. The summed E-state index contributed by atoms with van der Waals surface area (Å²) in [7, 11) is 0. The lowest BCUT2D eigenvalue weighted by Crippen LogP contribution is -2.18. The molecule has 0 fully saturated rings. The van der Waals surface area contributed by atoms with Crippen LogP contribution in [0.2, 0.25) is 5.02 Å². The van der Waals surface area contributed by atoms with Gasteiger partial charge in [-0.05, 0) is 29.7 Å². The van der Waals surface area contributed by atoms with E-state index in [0.717, 1.165) is 21.5 Å². The molecule has 1 unspecified atom stereocenters. The van der Waals surface area contributed by atoms with Gasteiger partial charge in [-0.15, -0.1) is 0 Å². The summed E-state index contributed by atoms with van der Waals surface area (Å²) in [5.74, 6) is 0.446. The van der Waals surface area contributed by atoms with Crippen LogP contribution < -0.4 is 5.73 Å². The molecule has 14 heavy (non-hydrogen) atoms. The Morgan fingerprint density at radius 3 is 2.71 bits per heavy atom. The van der Waals surface area contributed by atoms with Crippen molar-refractivity contribution in [2.24, 2.45) is 11.7 Å². The Kier molecular flexibility index (Phi) is 4.42. The summed E-state index contributed by atoms with van der Waals surface area (Å²) in [6.07, 6.45) is 1.06. The maximum atomic E-state index is 6.11. The van der Waals surface area contributed by atoms with E-state index in [4.69, 9.17) is 17.3 Å². The van der Waals surface area contributed by atoms with E-state index >= 15 is 0 Å². The van der Waals surface area contributed by atoms with Gasteiger partial charge >= 0.3 is 0 Å². The number of nitrogens with two attached hydrogens (primary N) is 1. The minimum Gasteiger partial charge on any atom is -0.324 e. The molecule has 1 nitrogen and oxygen atoms in total. The molecule has 0 amide bonds. The van der Waals surface area contributed by atoms with E-state index < -0.39 is 0 Å². The summed E-state index contributed by atoms with van der Waals surface area (Å²) >= 11 is 9.51. The van der Waals surface area contributed by atoms with E-state index in [-0.39, 0.29) is 6.04 Å². The summed E-state index contributed by atoms with van der Waals surface area (Å²) in [5.41, 5.74) is 7.14. The Morgan fingerprint density at radius 1 is 1.50 bits per heavy atom. The van der Waals surface area contributed by atoms with Crippen molar-refractivity contribution in [1.29, 1.82) is 0 Å². The molecule has 0 heterocycles. The van der Waals surface area contributed by atoms with Crippen molar-refractivity contribution in [3.63, 3.8) is 0 Å². The third-order valence-electron chi connectivity index (χ3n) is 2.57. The van der Waals surface area contributed by atoms with Crippen LogP contribution in [0, 0.1) is 5.92 Å². The predicted molar refractivity (Wildman–Crippen MR) is 65.5 cm³/mol. The molecule has 1 aromatic carbocycles. The van der Waals surface area contributed by atoms with Crippen molar-refractivity contribution < 1.29 is 0 Å². The molecule has 1 aromatic rings. The average Bonchev–Trinajstić information content (AvgIpc) is 2.19. The maximum absolute atomic E-state index is 6.11. The highest BCUT2D eigenvalue weighted by atomic mass is 79.9. The molecule has 2 N–H and O–H groups in total. The smallest absolute Gasteiger partial charge is 0.0454 e. The van der Waals surface area contributed by atoms with Crippen LogP contribution in [0.5, 0.6) is 0 Å². The van der Waals surface area contributed by atoms with Crippen LogP contribution >= 0.6 is 27.5 Å². The van der Waals surface area contributed by atoms with Gasteiger partial charge in [-0.3, -0.25) is 0 Å². The molecule has 0 radical (unpaired) electrons. The van der Waals surface area contributed by atoms with Crippen LogP contribution in [0.4, 0.5) is 0 Å². The van der Waals surface area contributed by atoms with Crippen LogP contribution in [0.3, 0.4) is 0 Å². The van der Waals surface area contributed by atoms with Crippen molar-refractivity contribution in [1.82, 2.24) is 0 Å². The molecule has 0 aliphatic rings. The van der Waals surface area contributed by atoms with Gasteiger partial charge in [0.25, 0.3) is 0 Å². The number of hydrogen-bond acceptors (Lipinski definition) is 1. The molecule has 1 rings (SSSR count). The van der Waals surface area contributed by atoms with Gasteiger partial charge < -0.3 is 5.73 Å². The molecule has 0 aliphatic carbocycles. The minimum absolute atomic E-state index is 0.0185. The van der Waals surface area contributed by atoms with Gasteiger partial charge in [-0.1, -0.05) is 47.8 Å². The van der Waals surface area contributed by atoms with Gasteiger partial charge in [-0.2, -0.15) is 0 Å². The van der Waals surface area contributed by atoms with Gasteiger partial charge in [0.15, 0.2) is 0 Å². The van der Waals surface area contributed by atoms with Gasteiger partial charge in [0.05, 0.1) is 0 Å². The Hall–Kier alpha value is -0.0500. The number of halogens is 2. The van der Waals surface area contributed by atoms with Gasteiger partial charge in [-0.25, -0.2) is 0 Å². The minimum atomic E-state index is 0.0185. The zero-order valence-electron chi connectivity index (χ0n) is 8.43. The molecular formula is C11H15BrClN. The van der Waals surface area contributed by atoms with E-state index in [1.54, 1.807) is 0 Å². The molecule has 0 spiro atoms. The molecule has 0 aromatic heterocycles. The van der Waals surface area contributed by atoms with Gasteiger partial charge in [0.1, 0.15) is 0 Å². The predicted octanol–water partition coefficient (Wildman–Crippen LogP) is 4.15. The van der Waals surface area contributed by atoms with Crippen LogP contribution in [0.1, 0.15) is 31.9 Å². The zero-order chi connectivity index (χ0) is 10.7. The third-order valence-corrected chi connectivity index (χ3v) is 3.41. The molecule has 0 bridgehead atoms. The molecule has 0 aliphatic heterocycles. The van der Waals surface area contributed by atoms with E-state index in [0.29, 0.717) is 5.92 Å². The summed E-state index contributed by atoms with van der Waals surface area (Å²) in [6, 6.07) is 5.82. The Balaban J connectivity index is 2.99. The Bertz CT molecular complexity index is 314. The van der Waals surface area contributed by atoms with E-state index in [1.807, 2.05) is 18.2 Å². The third kappa shape index (κ3) is 2.72. The first-order chi connectivity index (χ1) is 6.56. The average molecular weight is 277 g/mol. The highest BCUT2D eigenvalue weighted by Gasteiger charge is 2.16. The summed E-state index contributed by atoms with van der Waals surface area (Å²) in [5, 5.41) is 0.751. The molecule has 2 atom stereocenters. The lowest BCUT2D eigenvalue weighted by atomic mass is 9.93. The highest BCUT2D eigenvalue weighted by Crippen LogP contribution is 2.30. The number of rotatable bonds is 3. The first kappa shape index (κ1) is 12.0. The van der Waals surface area contributed by atoms with Crippen molar-refractivity contribution in [2.45, 2.75) is 26.3 Å². The highest BCUT2D eigenvalue weighted by molar-refractivity contribution is 9.10. The summed E-state index contributed by atoms with van der Waals surface area (Å²) < 4.78 is 1.02. The van der Waals surface area contributed by atoms with Gasteiger partial charge in [0, 0.05) is 15.5 Å². The first-order valence-corrected chi connectivity index (χ1v) is 5.94. The van der Waals surface area contributed by atoms with Crippen molar-refractivity contribution >= 4 is 27.5 Å². The standard InChI is InChI=1S/C11H15BrClN/c1-3-7(2)11(14)9-6-8(12)4-5-10(9)13/h4-7,11H,3,14H2,1-2H3/t7?,11-/m1/s1. The van der Waals surface area contributed by atoms with E-state index in [2.05, 4.69) is 29.8 Å². The zero-order valence-corrected chi connectivity index (χ0v) is 10.8. The molecular weight excluding hydrogens is 261 g/mol. The second-order valence-corrected chi connectivity index (χ2v) is 4.90. The quantitative estimate of drug-likeness (QED) is 0.882. The van der Waals surface area contributed by atoms with E-state index in [9.17, 15) is 0 Å². The SMILES string of the molecule is CCC(C)[C@@H](N)c1cc(Br)ccc1Cl. The van der Waals surface area contributed by atoms with Crippen LogP contribution in [-0.4, -0.2) is 0 Å². The monoisotopic (exact) mass is 275 g/mol. The van der Waals surface area contributed by atoms with Crippen molar-refractivity contribution in [3.8, 4) is 0 Å². The lowest BCUT2D eigenvalue weighted by Gasteiger charge is -2.20. The first-order valence-electron chi connectivity index (χ1n) is 4.76.